The average Bonchev–Trinajstić information content (AvgIpc) is 2.18. The third-order valence-corrected chi connectivity index (χ3v) is 3.39. The van der Waals surface area contributed by atoms with Gasteiger partial charge in [0.05, 0.1) is 38.8 Å². The molecule has 0 heterocycles. The predicted octanol–water partition coefficient (Wildman–Crippen LogP) is 0.384. The molecular formula is C11H25NO5S. The van der Waals surface area contributed by atoms with E-state index in [0.717, 1.165) is 0 Å². The lowest BCUT2D eigenvalue weighted by molar-refractivity contribution is 0.0283. The van der Waals surface area contributed by atoms with Crippen molar-refractivity contribution in [1.29, 1.82) is 0 Å². The van der Waals surface area contributed by atoms with Gasteiger partial charge in [-0.2, -0.15) is 0 Å². The van der Waals surface area contributed by atoms with Gasteiger partial charge in [-0.15, -0.1) is 0 Å². The minimum absolute atomic E-state index is 0.0393. The van der Waals surface area contributed by atoms with Crippen LogP contribution in [-0.4, -0.2) is 59.9 Å². The van der Waals surface area contributed by atoms with E-state index < -0.39 is 15.6 Å². The monoisotopic (exact) mass is 283 g/mol. The van der Waals surface area contributed by atoms with Crippen molar-refractivity contribution >= 4 is 10.0 Å². The molecule has 0 unspecified atom stereocenters. The first-order valence-corrected chi connectivity index (χ1v) is 7.58. The summed E-state index contributed by atoms with van der Waals surface area (Å²) in [6.45, 7) is 7.46. The first-order chi connectivity index (χ1) is 8.27. The highest BCUT2D eigenvalue weighted by Gasteiger charge is 2.19. The highest BCUT2D eigenvalue weighted by Crippen LogP contribution is 2.02. The Balaban J connectivity index is 3.54. The van der Waals surface area contributed by atoms with Crippen LogP contribution in [0.4, 0.5) is 0 Å². The third kappa shape index (κ3) is 12.3. The Morgan fingerprint density at radius 2 is 1.44 bits per heavy atom. The van der Waals surface area contributed by atoms with Crippen LogP contribution in [0.25, 0.3) is 0 Å². The topological polar surface area (TPSA) is 73.9 Å². The van der Waals surface area contributed by atoms with Crippen LogP contribution in [0.2, 0.25) is 0 Å². The Labute approximate surface area is 110 Å². The second-order valence-corrected chi connectivity index (χ2v) is 6.73. The fourth-order valence-electron chi connectivity index (χ4n) is 1.15. The minimum atomic E-state index is -3.28. The molecule has 6 nitrogen and oxygen atoms in total. The Bertz CT molecular complexity index is 297. The van der Waals surface area contributed by atoms with Crippen molar-refractivity contribution in [2.45, 2.75) is 26.3 Å². The molecule has 0 aromatic heterocycles. The van der Waals surface area contributed by atoms with Gasteiger partial charge in [0.2, 0.25) is 10.0 Å². The number of methoxy groups -OCH3 is 1. The van der Waals surface area contributed by atoms with E-state index >= 15 is 0 Å². The quantitative estimate of drug-likeness (QED) is 0.587. The number of hydrogen-bond acceptors (Lipinski definition) is 5. The van der Waals surface area contributed by atoms with E-state index in [4.69, 9.17) is 14.2 Å². The maximum atomic E-state index is 11.6. The molecule has 0 atom stereocenters. The molecule has 0 amide bonds. The molecule has 7 heteroatoms. The average molecular weight is 283 g/mol. The zero-order valence-electron chi connectivity index (χ0n) is 11.7. The number of rotatable bonds is 10. The molecule has 0 aromatic rings. The van der Waals surface area contributed by atoms with E-state index in [2.05, 4.69) is 4.72 Å². The second-order valence-electron chi connectivity index (χ2n) is 4.89. The third-order valence-electron chi connectivity index (χ3n) is 1.76. The van der Waals surface area contributed by atoms with E-state index in [1.54, 1.807) is 27.9 Å². The van der Waals surface area contributed by atoms with E-state index in [1.165, 1.54) is 0 Å². The van der Waals surface area contributed by atoms with Crippen LogP contribution in [0, 0.1) is 0 Å². The standard InChI is InChI=1S/C11H25NO5S/c1-11(2,3)12-18(13,14)10-9-17-8-7-16-6-5-15-4/h12H,5-10H2,1-4H3. The normalized spacial score (nSPS) is 12.9. The zero-order chi connectivity index (χ0) is 14.1. The molecule has 1 N–H and O–H groups in total. The van der Waals surface area contributed by atoms with Crippen molar-refractivity contribution in [2.24, 2.45) is 0 Å². The number of hydrogen-bond donors (Lipinski definition) is 1. The summed E-state index contributed by atoms with van der Waals surface area (Å²) < 4.78 is 40.9. The summed E-state index contributed by atoms with van der Waals surface area (Å²) in [5.74, 6) is -0.0393. The Kier molecular flexibility index (Phi) is 8.71. The molecule has 0 radical (unpaired) electrons. The van der Waals surface area contributed by atoms with Gasteiger partial charge in [-0.25, -0.2) is 13.1 Å². The lowest BCUT2D eigenvalue weighted by atomic mass is 10.1. The molecule has 0 bridgehead atoms. The van der Waals surface area contributed by atoms with Crippen LogP contribution >= 0.6 is 0 Å². The summed E-state index contributed by atoms with van der Waals surface area (Å²) in [6, 6.07) is 0. The highest BCUT2D eigenvalue weighted by atomic mass is 32.2. The van der Waals surface area contributed by atoms with Gasteiger partial charge in [0.1, 0.15) is 0 Å². The lowest BCUT2D eigenvalue weighted by Gasteiger charge is -2.20. The van der Waals surface area contributed by atoms with Gasteiger partial charge < -0.3 is 14.2 Å². The van der Waals surface area contributed by atoms with E-state index in [9.17, 15) is 8.42 Å². The molecule has 0 aromatic carbocycles. The summed E-state index contributed by atoms with van der Waals surface area (Å²) in [5.41, 5.74) is -0.456. The van der Waals surface area contributed by atoms with Gasteiger partial charge in [0.15, 0.2) is 0 Å². The van der Waals surface area contributed by atoms with Crippen LogP contribution in [-0.2, 0) is 24.2 Å². The largest absolute Gasteiger partial charge is 0.382 e. The molecule has 0 aliphatic rings. The van der Waals surface area contributed by atoms with E-state index in [0.29, 0.717) is 26.4 Å². The van der Waals surface area contributed by atoms with Gasteiger partial charge in [-0.3, -0.25) is 0 Å². The Morgan fingerprint density at radius 3 is 1.94 bits per heavy atom. The molecule has 0 rings (SSSR count). The van der Waals surface area contributed by atoms with Crippen LogP contribution in [0.1, 0.15) is 20.8 Å². The summed E-state index contributed by atoms with van der Waals surface area (Å²) in [5, 5.41) is 0. The lowest BCUT2D eigenvalue weighted by Crippen LogP contribution is -2.42. The van der Waals surface area contributed by atoms with Crippen molar-refractivity contribution in [3.8, 4) is 0 Å². The summed E-state index contributed by atoms with van der Waals surface area (Å²) in [7, 11) is -1.67. The molecule has 110 valence electrons. The summed E-state index contributed by atoms with van der Waals surface area (Å²) >= 11 is 0. The van der Waals surface area contributed by atoms with Gasteiger partial charge in [0, 0.05) is 12.6 Å². The molecule has 0 saturated carbocycles. The Morgan fingerprint density at radius 1 is 0.944 bits per heavy atom. The first kappa shape index (κ1) is 17.8. The molecule has 0 fully saturated rings. The highest BCUT2D eigenvalue weighted by molar-refractivity contribution is 7.89. The van der Waals surface area contributed by atoms with Crippen LogP contribution < -0.4 is 4.72 Å². The fraction of sp³-hybridized carbons (Fsp3) is 1.00. The van der Waals surface area contributed by atoms with Crippen LogP contribution in [0.3, 0.4) is 0 Å². The molecule has 0 saturated heterocycles. The summed E-state index contributed by atoms with van der Waals surface area (Å²) in [4.78, 5) is 0. The molecule has 0 aliphatic heterocycles. The SMILES string of the molecule is COCCOCCOCCS(=O)(=O)NC(C)(C)C. The van der Waals surface area contributed by atoms with Crippen molar-refractivity contribution in [2.75, 3.05) is 45.9 Å². The van der Waals surface area contributed by atoms with Gasteiger partial charge >= 0.3 is 0 Å². The molecule has 18 heavy (non-hydrogen) atoms. The fourth-order valence-corrected chi connectivity index (χ4v) is 2.52. The van der Waals surface area contributed by atoms with Gasteiger partial charge in [-0.05, 0) is 20.8 Å². The van der Waals surface area contributed by atoms with E-state index in [1.807, 2.05) is 0 Å². The van der Waals surface area contributed by atoms with Crippen molar-refractivity contribution in [1.82, 2.24) is 4.72 Å². The zero-order valence-corrected chi connectivity index (χ0v) is 12.5. The minimum Gasteiger partial charge on any atom is -0.382 e. The number of ether oxygens (including phenoxy) is 3. The molecular weight excluding hydrogens is 258 g/mol. The smallest absolute Gasteiger partial charge is 0.214 e. The summed E-state index contributed by atoms with van der Waals surface area (Å²) in [6.07, 6.45) is 0. The predicted molar refractivity (Wildman–Crippen MR) is 70.2 cm³/mol. The van der Waals surface area contributed by atoms with Crippen molar-refractivity contribution in [3.63, 3.8) is 0 Å². The van der Waals surface area contributed by atoms with Crippen LogP contribution in [0.5, 0.6) is 0 Å². The van der Waals surface area contributed by atoms with Gasteiger partial charge in [0.25, 0.3) is 0 Å². The second kappa shape index (κ2) is 8.82. The number of sulfonamides is 1. The van der Waals surface area contributed by atoms with Gasteiger partial charge in [-0.1, -0.05) is 0 Å². The Hall–Kier alpha value is -0.210. The van der Waals surface area contributed by atoms with Crippen molar-refractivity contribution in [3.05, 3.63) is 0 Å². The van der Waals surface area contributed by atoms with Crippen LogP contribution in [0.15, 0.2) is 0 Å². The molecule has 0 aliphatic carbocycles. The number of nitrogens with one attached hydrogen (secondary N) is 1. The van der Waals surface area contributed by atoms with E-state index in [-0.39, 0.29) is 12.4 Å². The maximum Gasteiger partial charge on any atom is 0.214 e. The first-order valence-electron chi connectivity index (χ1n) is 5.93. The molecule has 0 spiro atoms. The van der Waals surface area contributed by atoms with Crippen molar-refractivity contribution < 1.29 is 22.6 Å². The maximum absolute atomic E-state index is 11.6.